The number of hydrogen-bond donors (Lipinski definition) is 2. The van der Waals surface area contributed by atoms with Gasteiger partial charge in [0, 0.05) is 34.9 Å². The first-order valence-corrected chi connectivity index (χ1v) is 11.6. The van der Waals surface area contributed by atoms with Crippen LogP contribution in [0.5, 0.6) is 0 Å². The molecule has 1 aliphatic carbocycles. The molecule has 4 rings (SSSR count). The van der Waals surface area contributed by atoms with Gasteiger partial charge in [-0.05, 0) is 70.9 Å². The third kappa shape index (κ3) is 4.46. The number of sulfonamides is 1. The van der Waals surface area contributed by atoms with Crippen LogP contribution in [0.15, 0.2) is 41.3 Å². The minimum Gasteiger partial charge on any atom is -0.345 e. The Morgan fingerprint density at radius 2 is 1.71 bits per heavy atom. The van der Waals surface area contributed by atoms with E-state index in [0.29, 0.717) is 28.8 Å². The molecule has 0 unspecified atom stereocenters. The van der Waals surface area contributed by atoms with E-state index in [0.717, 1.165) is 24.2 Å². The second kappa shape index (κ2) is 7.81. The fourth-order valence-electron chi connectivity index (χ4n) is 3.78. The maximum atomic E-state index is 12.8. The quantitative estimate of drug-likeness (QED) is 0.606. The van der Waals surface area contributed by atoms with Crippen molar-refractivity contribution in [3.63, 3.8) is 0 Å². The van der Waals surface area contributed by atoms with Crippen LogP contribution in [0.1, 0.15) is 52.1 Å². The predicted octanol–water partition coefficient (Wildman–Crippen LogP) is 3.90. The molecule has 0 radical (unpaired) electrons. The van der Waals surface area contributed by atoms with Crippen molar-refractivity contribution in [2.24, 2.45) is 0 Å². The van der Waals surface area contributed by atoms with Gasteiger partial charge in [-0.1, -0.05) is 0 Å². The van der Waals surface area contributed by atoms with E-state index in [1.165, 1.54) is 12.1 Å². The summed E-state index contributed by atoms with van der Waals surface area (Å²) in [5, 5.41) is 2.85. The Balaban J connectivity index is 1.49. The number of nitrogens with one attached hydrogen (secondary N) is 2. The lowest BCUT2D eigenvalue weighted by atomic mass is 10.2. The zero-order valence-corrected chi connectivity index (χ0v) is 18.7. The van der Waals surface area contributed by atoms with Crippen molar-refractivity contribution in [1.29, 1.82) is 0 Å². The predicted molar refractivity (Wildman–Crippen MR) is 119 cm³/mol. The number of carbonyl (C=O) groups excluding carboxylic acids is 1. The van der Waals surface area contributed by atoms with Gasteiger partial charge < -0.3 is 9.88 Å². The van der Waals surface area contributed by atoms with E-state index in [2.05, 4.69) is 24.6 Å². The summed E-state index contributed by atoms with van der Waals surface area (Å²) in [5.41, 5.74) is 3.86. The zero-order chi connectivity index (χ0) is 22.3. The van der Waals surface area contributed by atoms with Gasteiger partial charge >= 0.3 is 0 Å². The third-order valence-corrected chi connectivity index (χ3v) is 6.64. The number of nitrogens with zero attached hydrogens (tertiary/aromatic N) is 3. The van der Waals surface area contributed by atoms with Gasteiger partial charge in [0.1, 0.15) is 11.6 Å². The Kier molecular flexibility index (Phi) is 5.30. The molecule has 3 aromatic rings. The number of amides is 1. The molecule has 1 fully saturated rings. The number of anilines is 2. The Labute approximate surface area is 181 Å². The molecule has 0 bridgehead atoms. The first-order valence-electron chi connectivity index (χ1n) is 10.1. The maximum Gasteiger partial charge on any atom is 0.263 e. The monoisotopic (exact) mass is 439 g/mol. The van der Waals surface area contributed by atoms with Crippen LogP contribution < -0.4 is 10.0 Å². The molecule has 162 valence electrons. The Hall–Kier alpha value is -3.20. The van der Waals surface area contributed by atoms with Gasteiger partial charge in [0.25, 0.3) is 15.9 Å². The van der Waals surface area contributed by atoms with Crippen molar-refractivity contribution in [3.05, 3.63) is 64.9 Å². The molecule has 31 heavy (non-hydrogen) atoms. The van der Waals surface area contributed by atoms with Crippen LogP contribution in [0.2, 0.25) is 0 Å². The fourth-order valence-corrected chi connectivity index (χ4v) is 4.78. The lowest BCUT2D eigenvalue weighted by Crippen LogP contribution is -2.15. The Bertz CT molecular complexity index is 1240. The summed E-state index contributed by atoms with van der Waals surface area (Å²) in [7, 11) is -3.81. The zero-order valence-electron chi connectivity index (χ0n) is 17.9. The first kappa shape index (κ1) is 21.0. The molecule has 1 saturated carbocycles. The van der Waals surface area contributed by atoms with Gasteiger partial charge in [0.15, 0.2) is 0 Å². The number of carbonyl (C=O) groups is 1. The molecule has 2 N–H and O–H groups in total. The molecule has 0 atom stereocenters. The van der Waals surface area contributed by atoms with Gasteiger partial charge in [0.05, 0.1) is 10.5 Å². The SMILES string of the molecule is Cc1cc(NS(=O)(=O)c2ccc(NC(=O)c3cc(C)n(C4CC4)c3C)cc2)nc(C)n1. The number of benzene rings is 1. The van der Waals surface area contributed by atoms with E-state index in [-0.39, 0.29) is 16.6 Å². The highest BCUT2D eigenvalue weighted by Gasteiger charge is 2.28. The topological polar surface area (TPSA) is 106 Å². The molecule has 8 nitrogen and oxygen atoms in total. The van der Waals surface area contributed by atoms with Crippen LogP contribution in [0.4, 0.5) is 11.5 Å². The Morgan fingerprint density at radius 1 is 1.03 bits per heavy atom. The van der Waals surface area contributed by atoms with Crippen molar-refractivity contribution >= 4 is 27.4 Å². The van der Waals surface area contributed by atoms with Gasteiger partial charge in [-0.25, -0.2) is 18.4 Å². The summed E-state index contributed by atoms with van der Waals surface area (Å²) in [6.45, 7) is 7.43. The van der Waals surface area contributed by atoms with Crippen molar-refractivity contribution in [1.82, 2.24) is 14.5 Å². The first-order chi connectivity index (χ1) is 14.6. The van der Waals surface area contributed by atoms with Gasteiger partial charge in [-0.3, -0.25) is 9.52 Å². The second-order valence-electron chi connectivity index (χ2n) is 7.91. The molecule has 0 aliphatic heterocycles. The highest BCUT2D eigenvalue weighted by atomic mass is 32.2. The summed E-state index contributed by atoms with van der Waals surface area (Å²) in [5.74, 6) is 0.492. The molecule has 9 heteroatoms. The number of hydrogen-bond acceptors (Lipinski definition) is 5. The van der Waals surface area contributed by atoms with E-state index in [1.807, 2.05) is 19.9 Å². The van der Waals surface area contributed by atoms with Gasteiger partial charge in [0.2, 0.25) is 0 Å². The summed E-state index contributed by atoms with van der Waals surface area (Å²) >= 11 is 0. The normalized spacial score (nSPS) is 13.8. The van der Waals surface area contributed by atoms with Crippen LogP contribution in [-0.2, 0) is 10.0 Å². The molecular weight excluding hydrogens is 414 g/mol. The van der Waals surface area contributed by atoms with E-state index < -0.39 is 10.0 Å². The molecular formula is C22H25N5O3S. The highest BCUT2D eigenvalue weighted by Crippen LogP contribution is 2.38. The van der Waals surface area contributed by atoms with Crippen LogP contribution in [0.25, 0.3) is 0 Å². The second-order valence-corrected chi connectivity index (χ2v) is 9.59. The highest BCUT2D eigenvalue weighted by molar-refractivity contribution is 7.92. The van der Waals surface area contributed by atoms with Crippen molar-refractivity contribution < 1.29 is 13.2 Å². The van der Waals surface area contributed by atoms with Crippen molar-refractivity contribution in [3.8, 4) is 0 Å². The largest absolute Gasteiger partial charge is 0.345 e. The summed E-state index contributed by atoms with van der Waals surface area (Å²) in [6, 6.07) is 10.0. The fraction of sp³-hybridized carbons (Fsp3) is 0.318. The number of rotatable bonds is 6. The van der Waals surface area contributed by atoms with Gasteiger partial charge in [-0.15, -0.1) is 0 Å². The van der Waals surface area contributed by atoms with Crippen LogP contribution >= 0.6 is 0 Å². The molecule has 2 aromatic heterocycles. The van der Waals surface area contributed by atoms with E-state index in [4.69, 9.17) is 0 Å². The lowest BCUT2D eigenvalue weighted by molar-refractivity contribution is 0.102. The summed E-state index contributed by atoms with van der Waals surface area (Å²) < 4.78 is 30.0. The number of aryl methyl sites for hydroxylation is 3. The van der Waals surface area contributed by atoms with E-state index >= 15 is 0 Å². The van der Waals surface area contributed by atoms with Crippen LogP contribution in [0, 0.1) is 27.7 Å². The average Bonchev–Trinajstić information content (AvgIpc) is 3.45. The van der Waals surface area contributed by atoms with Gasteiger partial charge in [-0.2, -0.15) is 0 Å². The van der Waals surface area contributed by atoms with E-state index in [9.17, 15) is 13.2 Å². The summed E-state index contributed by atoms with van der Waals surface area (Å²) in [4.78, 5) is 21.1. The van der Waals surface area contributed by atoms with Crippen molar-refractivity contribution in [2.45, 2.75) is 51.5 Å². The molecule has 0 saturated heterocycles. The minimum atomic E-state index is -3.81. The molecule has 1 aliphatic rings. The standard InChI is InChI=1S/C22H25N5O3S/c1-13-11-21(24-16(4)23-13)26-31(29,30)19-9-5-17(6-10-19)25-22(28)20-12-14(2)27(15(20)3)18-7-8-18/h5-6,9-12,18H,7-8H2,1-4H3,(H,25,28)(H,23,24,26). The van der Waals surface area contributed by atoms with Crippen LogP contribution in [0.3, 0.4) is 0 Å². The third-order valence-electron chi connectivity index (χ3n) is 5.27. The van der Waals surface area contributed by atoms with Crippen LogP contribution in [-0.4, -0.2) is 28.9 Å². The smallest absolute Gasteiger partial charge is 0.263 e. The van der Waals surface area contributed by atoms with Crippen molar-refractivity contribution in [2.75, 3.05) is 10.0 Å². The minimum absolute atomic E-state index is 0.0753. The summed E-state index contributed by atoms with van der Waals surface area (Å²) in [6.07, 6.45) is 2.30. The lowest BCUT2D eigenvalue weighted by Gasteiger charge is -2.10. The molecule has 2 heterocycles. The molecule has 0 spiro atoms. The molecule has 1 amide bonds. The van der Waals surface area contributed by atoms with E-state index in [1.54, 1.807) is 32.0 Å². The molecule has 1 aromatic carbocycles. The maximum absolute atomic E-state index is 12.8. The Morgan fingerprint density at radius 3 is 2.32 bits per heavy atom. The average molecular weight is 440 g/mol. The number of aromatic nitrogens is 3.